The molecule has 0 spiro atoms. The van der Waals surface area contributed by atoms with E-state index in [9.17, 15) is 4.79 Å². The Morgan fingerprint density at radius 3 is 2.77 bits per heavy atom. The zero-order valence-electron chi connectivity index (χ0n) is 13.3. The number of anilines is 1. The van der Waals surface area contributed by atoms with Crippen molar-refractivity contribution < 1.29 is 4.79 Å². The van der Waals surface area contributed by atoms with Gasteiger partial charge >= 0.3 is 0 Å². The number of benzene rings is 1. The summed E-state index contributed by atoms with van der Waals surface area (Å²) in [6.45, 7) is 2.08. The molecule has 4 heteroatoms. The van der Waals surface area contributed by atoms with Crippen LogP contribution in [0.15, 0.2) is 36.4 Å². The predicted octanol–water partition coefficient (Wildman–Crippen LogP) is 6.15. The number of halogens is 1. The number of carbonyl (C=O) groups excluding carboxylic acids is 1. The smallest absolute Gasteiger partial charge is 0.286 e. The van der Waals surface area contributed by atoms with Gasteiger partial charge in [0, 0.05) is 23.0 Å². The maximum atomic E-state index is 12.3. The lowest BCUT2D eigenvalue weighted by molar-refractivity contribution is 0.266. The van der Waals surface area contributed by atoms with Crippen molar-refractivity contribution in [1.82, 2.24) is 0 Å². The molecule has 1 atom stereocenters. The lowest BCUT2D eigenvalue weighted by Crippen LogP contribution is -2.23. The Kier molecular flexibility index (Phi) is 6.84. The van der Waals surface area contributed by atoms with Crippen molar-refractivity contribution in [2.45, 2.75) is 44.3 Å². The van der Waals surface area contributed by atoms with Gasteiger partial charge in [-0.1, -0.05) is 60.8 Å². The molecule has 0 N–H and O–H groups in total. The molecule has 1 amide bonds. The van der Waals surface area contributed by atoms with Crippen molar-refractivity contribution >= 4 is 34.3 Å². The van der Waals surface area contributed by atoms with Crippen molar-refractivity contribution in [2.75, 3.05) is 11.9 Å². The van der Waals surface area contributed by atoms with Crippen LogP contribution in [0, 0.1) is 5.92 Å². The Balaban J connectivity index is 1.86. The molecule has 0 aliphatic heterocycles. The monoisotopic (exact) mass is 337 g/mol. The maximum Gasteiger partial charge on any atom is 0.286 e. The van der Waals surface area contributed by atoms with E-state index in [0.29, 0.717) is 10.9 Å². The SMILES string of the molecule is CC(/C=C/C1CCCCC1)SC(=O)N(C)c1cccc(Cl)c1. The first kappa shape index (κ1) is 17.4. The fourth-order valence-corrected chi connectivity index (χ4v) is 3.64. The molecule has 1 saturated carbocycles. The van der Waals surface area contributed by atoms with Gasteiger partial charge in [-0.2, -0.15) is 0 Å². The Morgan fingerprint density at radius 2 is 2.09 bits per heavy atom. The molecule has 0 heterocycles. The van der Waals surface area contributed by atoms with Crippen LogP contribution < -0.4 is 4.90 Å². The highest BCUT2D eigenvalue weighted by atomic mass is 35.5. The first-order valence-electron chi connectivity index (χ1n) is 7.94. The summed E-state index contributed by atoms with van der Waals surface area (Å²) in [5.41, 5.74) is 0.827. The molecule has 0 bridgehead atoms. The average molecular weight is 338 g/mol. The fourth-order valence-electron chi connectivity index (χ4n) is 2.71. The zero-order chi connectivity index (χ0) is 15.9. The first-order valence-corrected chi connectivity index (χ1v) is 9.20. The minimum atomic E-state index is 0.0445. The molecule has 0 aromatic heterocycles. The van der Waals surface area contributed by atoms with Crippen LogP contribution in [-0.4, -0.2) is 17.5 Å². The van der Waals surface area contributed by atoms with Crippen molar-refractivity contribution in [1.29, 1.82) is 0 Å². The van der Waals surface area contributed by atoms with Gasteiger partial charge in [-0.05, 0) is 43.9 Å². The highest BCUT2D eigenvalue weighted by Gasteiger charge is 2.15. The molecule has 0 radical (unpaired) electrons. The van der Waals surface area contributed by atoms with Crippen LogP contribution in [0.2, 0.25) is 5.02 Å². The van der Waals surface area contributed by atoms with Crippen LogP contribution >= 0.6 is 23.4 Å². The topological polar surface area (TPSA) is 20.3 Å². The van der Waals surface area contributed by atoms with Crippen LogP contribution in [0.3, 0.4) is 0 Å². The van der Waals surface area contributed by atoms with E-state index in [1.54, 1.807) is 11.9 Å². The van der Waals surface area contributed by atoms with Gasteiger partial charge in [0.05, 0.1) is 0 Å². The number of allylic oxidation sites excluding steroid dienone is 1. The van der Waals surface area contributed by atoms with E-state index in [1.807, 2.05) is 24.3 Å². The Bertz CT molecular complexity index is 526. The standard InChI is InChI=1S/C18H24ClNOS/c1-14(11-12-15-7-4-3-5-8-15)22-18(21)20(2)17-10-6-9-16(19)13-17/h6,9-15H,3-5,7-8H2,1-2H3/b12-11+. The van der Waals surface area contributed by atoms with Gasteiger partial charge in [0.1, 0.15) is 0 Å². The van der Waals surface area contributed by atoms with E-state index in [1.165, 1.54) is 43.9 Å². The van der Waals surface area contributed by atoms with E-state index in [0.717, 1.165) is 5.69 Å². The molecular formula is C18H24ClNOS. The largest absolute Gasteiger partial charge is 0.306 e. The van der Waals surface area contributed by atoms with E-state index in [2.05, 4.69) is 19.1 Å². The molecule has 0 saturated heterocycles. The van der Waals surface area contributed by atoms with Crippen molar-refractivity contribution in [3.63, 3.8) is 0 Å². The normalized spacial score (nSPS) is 17.6. The van der Waals surface area contributed by atoms with Gasteiger partial charge < -0.3 is 4.90 Å². The van der Waals surface area contributed by atoms with Gasteiger partial charge in [0.15, 0.2) is 0 Å². The number of hydrogen-bond acceptors (Lipinski definition) is 2. The predicted molar refractivity (Wildman–Crippen MR) is 98.0 cm³/mol. The lowest BCUT2D eigenvalue weighted by Gasteiger charge is -2.20. The van der Waals surface area contributed by atoms with Crippen LogP contribution in [0.4, 0.5) is 10.5 Å². The third kappa shape index (κ3) is 5.36. The second-order valence-corrected chi connectivity index (χ2v) is 7.68. The summed E-state index contributed by atoms with van der Waals surface area (Å²) in [4.78, 5) is 14.0. The highest BCUT2D eigenvalue weighted by Crippen LogP contribution is 2.27. The molecule has 1 fully saturated rings. The Hall–Kier alpha value is -0.930. The molecule has 120 valence electrons. The Labute approximate surface area is 142 Å². The first-order chi connectivity index (χ1) is 10.6. The summed E-state index contributed by atoms with van der Waals surface area (Å²) >= 11 is 7.33. The minimum absolute atomic E-state index is 0.0445. The van der Waals surface area contributed by atoms with Gasteiger partial charge in [0.2, 0.25) is 0 Å². The number of carbonyl (C=O) groups is 1. The fraction of sp³-hybridized carbons (Fsp3) is 0.500. The van der Waals surface area contributed by atoms with Crippen LogP contribution in [0.1, 0.15) is 39.0 Å². The number of amides is 1. The second kappa shape index (κ2) is 8.64. The molecule has 1 aromatic rings. The van der Waals surface area contributed by atoms with Gasteiger partial charge in [-0.25, -0.2) is 0 Å². The lowest BCUT2D eigenvalue weighted by atomic mass is 9.89. The molecule has 1 unspecified atom stereocenters. The minimum Gasteiger partial charge on any atom is -0.306 e. The van der Waals surface area contributed by atoms with Crippen LogP contribution in [-0.2, 0) is 0 Å². The molecule has 1 aliphatic carbocycles. The van der Waals surface area contributed by atoms with Gasteiger partial charge in [-0.15, -0.1) is 0 Å². The summed E-state index contributed by atoms with van der Waals surface area (Å²) < 4.78 is 0. The summed E-state index contributed by atoms with van der Waals surface area (Å²) in [6, 6.07) is 7.37. The third-order valence-corrected chi connectivity index (χ3v) is 5.30. The Morgan fingerprint density at radius 1 is 1.36 bits per heavy atom. The molecule has 1 aromatic carbocycles. The molecule has 2 nitrogen and oxygen atoms in total. The van der Waals surface area contributed by atoms with E-state index < -0.39 is 0 Å². The number of thioether (sulfide) groups is 1. The number of rotatable bonds is 4. The zero-order valence-corrected chi connectivity index (χ0v) is 14.9. The summed E-state index contributed by atoms with van der Waals surface area (Å²) in [6.07, 6.45) is 11.1. The molecule has 1 aliphatic rings. The van der Waals surface area contributed by atoms with E-state index >= 15 is 0 Å². The molecule has 22 heavy (non-hydrogen) atoms. The van der Waals surface area contributed by atoms with Crippen LogP contribution in [0.5, 0.6) is 0 Å². The van der Waals surface area contributed by atoms with E-state index in [-0.39, 0.29) is 10.5 Å². The average Bonchev–Trinajstić information content (AvgIpc) is 2.53. The van der Waals surface area contributed by atoms with Crippen molar-refractivity contribution in [3.05, 3.63) is 41.4 Å². The number of hydrogen-bond donors (Lipinski definition) is 0. The molecule has 2 rings (SSSR count). The summed E-state index contributed by atoms with van der Waals surface area (Å²) in [5.74, 6) is 0.706. The van der Waals surface area contributed by atoms with Crippen molar-refractivity contribution in [3.8, 4) is 0 Å². The van der Waals surface area contributed by atoms with E-state index in [4.69, 9.17) is 11.6 Å². The summed E-state index contributed by atoms with van der Waals surface area (Å²) in [7, 11) is 1.79. The quantitative estimate of drug-likeness (QED) is 0.614. The van der Waals surface area contributed by atoms with Crippen LogP contribution in [0.25, 0.3) is 0 Å². The highest BCUT2D eigenvalue weighted by molar-refractivity contribution is 8.14. The summed E-state index contributed by atoms with van der Waals surface area (Å²) in [5, 5.41) is 0.881. The maximum absolute atomic E-state index is 12.3. The third-order valence-electron chi connectivity index (χ3n) is 4.06. The van der Waals surface area contributed by atoms with Crippen molar-refractivity contribution in [2.24, 2.45) is 5.92 Å². The number of nitrogens with zero attached hydrogens (tertiary/aromatic N) is 1. The van der Waals surface area contributed by atoms with Gasteiger partial charge in [-0.3, -0.25) is 4.79 Å². The molecular weight excluding hydrogens is 314 g/mol. The second-order valence-electron chi connectivity index (χ2n) is 5.91. The van der Waals surface area contributed by atoms with Gasteiger partial charge in [0.25, 0.3) is 5.24 Å².